The molecule has 2 aromatic carbocycles. The second kappa shape index (κ2) is 7.34. The number of benzene rings is 2. The number of hydrogen-bond acceptors (Lipinski definition) is 3. The summed E-state index contributed by atoms with van der Waals surface area (Å²) in [5.41, 5.74) is 2.88. The highest BCUT2D eigenvalue weighted by Gasteiger charge is 2.52. The number of carbonyl (C=O) groups excluding carboxylic acids is 2. The first kappa shape index (κ1) is 20.8. The van der Waals surface area contributed by atoms with Gasteiger partial charge in [0.25, 0.3) is 0 Å². The van der Waals surface area contributed by atoms with E-state index in [4.69, 9.17) is 16.3 Å². The van der Waals surface area contributed by atoms with Crippen LogP contribution in [0.2, 0.25) is 5.02 Å². The van der Waals surface area contributed by atoms with E-state index < -0.39 is 36.2 Å². The summed E-state index contributed by atoms with van der Waals surface area (Å²) in [4.78, 5) is 25.7. The van der Waals surface area contributed by atoms with Crippen LogP contribution in [-0.2, 0) is 14.3 Å². The van der Waals surface area contributed by atoms with E-state index in [0.717, 1.165) is 27.8 Å². The van der Waals surface area contributed by atoms with E-state index in [1.807, 2.05) is 43.3 Å². The average molecular weight is 434 g/mol. The van der Waals surface area contributed by atoms with E-state index in [0.29, 0.717) is 5.02 Å². The summed E-state index contributed by atoms with van der Waals surface area (Å²) in [6.07, 6.45) is -1.26. The highest BCUT2D eigenvalue weighted by Crippen LogP contribution is 2.54. The number of ether oxygens (including phenoxy) is 1. The lowest BCUT2D eigenvalue weighted by Crippen LogP contribution is -2.58. The first-order chi connectivity index (χ1) is 14.2. The van der Waals surface area contributed by atoms with Crippen LogP contribution in [0.4, 0.5) is 8.78 Å². The third kappa shape index (κ3) is 3.47. The van der Waals surface area contributed by atoms with Gasteiger partial charge >= 0.3 is 5.97 Å². The molecule has 1 fully saturated rings. The Kier molecular flexibility index (Phi) is 5.09. The lowest BCUT2D eigenvalue weighted by atomic mass is 9.79. The van der Waals surface area contributed by atoms with Gasteiger partial charge in [-0.1, -0.05) is 41.9 Å². The minimum Gasteiger partial charge on any atom is -0.467 e. The Morgan fingerprint density at radius 1 is 1.10 bits per heavy atom. The van der Waals surface area contributed by atoms with Crippen molar-refractivity contribution in [1.29, 1.82) is 0 Å². The van der Waals surface area contributed by atoms with Gasteiger partial charge < -0.3 is 10.1 Å². The number of hydrogen-bond donors (Lipinski definition) is 1. The number of esters is 1. The molecule has 1 saturated carbocycles. The fourth-order valence-corrected chi connectivity index (χ4v) is 4.64. The van der Waals surface area contributed by atoms with Gasteiger partial charge in [0.15, 0.2) is 0 Å². The molecule has 1 atom stereocenters. The number of nitrogens with one attached hydrogen (secondary N) is 1. The summed E-state index contributed by atoms with van der Waals surface area (Å²) in [6.45, 7) is 1.85. The maximum absolute atomic E-state index is 13.7. The molecule has 1 N–H and O–H groups in total. The second-order valence-electron chi connectivity index (χ2n) is 8.08. The zero-order chi connectivity index (χ0) is 21.7. The van der Waals surface area contributed by atoms with Gasteiger partial charge in [-0.15, -0.1) is 0 Å². The van der Waals surface area contributed by atoms with Crippen LogP contribution in [0.3, 0.4) is 0 Å². The SMILES string of the molecule is COC(=O)C1(NC(=O)C2c3c(-c4ccccc4)cc(Cl)c(C)c32)CCC(F)(F)CC1. The van der Waals surface area contributed by atoms with Gasteiger partial charge in [0.1, 0.15) is 5.54 Å². The van der Waals surface area contributed by atoms with Crippen molar-refractivity contribution < 1.29 is 23.1 Å². The fourth-order valence-electron chi connectivity index (χ4n) is 4.43. The zero-order valence-corrected chi connectivity index (χ0v) is 17.5. The Bertz CT molecular complexity index is 1010. The van der Waals surface area contributed by atoms with Gasteiger partial charge in [0.2, 0.25) is 11.8 Å². The second-order valence-corrected chi connectivity index (χ2v) is 8.48. The molecule has 0 radical (unpaired) electrons. The van der Waals surface area contributed by atoms with Crippen LogP contribution in [0.25, 0.3) is 11.1 Å². The molecule has 0 aromatic heterocycles. The maximum atomic E-state index is 13.7. The molecule has 30 heavy (non-hydrogen) atoms. The Morgan fingerprint density at radius 2 is 1.73 bits per heavy atom. The molecule has 158 valence electrons. The monoisotopic (exact) mass is 433 g/mol. The standard InChI is InChI=1S/C23H22ClF2NO3/c1-13-16(24)12-15(14-6-4-3-5-7-14)18-17(13)19(18)20(28)27-22(21(29)30-2)8-10-23(25,26)11-9-22/h3-7,12,19H,8-11H2,1-2H3,(H,27,28). The van der Waals surface area contributed by atoms with Crippen molar-refractivity contribution in [2.24, 2.45) is 0 Å². The quantitative estimate of drug-likeness (QED) is 0.690. The van der Waals surface area contributed by atoms with Crippen molar-refractivity contribution in [3.63, 3.8) is 0 Å². The Morgan fingerprint density at radius 3 is 2.33 bits per heavy atom. The Balaban J connectivity index is 1.64. The summed E-state index contributed by atoms with van der Waals surface area (Å²) in [7, 11) is 1.20. The third-order valence-electron chi connectivity index (χ3n) is 6.23. The fraction of sp³-hybridized carbons (Fsp3) is 0.391. The third-order valence-corrected chi connectivity index (χ3v) is 6.62. The maximum Gasteiger partial charge on any atom is 0.331 e. The normalized spacial score (nSPS) is 20.8. The van der Waals surface area contributed by atoms with Crippen LogP contribution in [0.15, 0.2) is 36.4 Å². The molecule has 1 unspecified atom stereocenters. The minimum atomic E-state index is -2.84. The summed E-state index contributed by atoms with van der Waals surface area (Å²) in [6, 6.07) is 11.4. The predicted molar refractivity (Wildman–Crippen MR) is 110 cm³/mol. The summed E-state index contributed by atoms with van der Waals surface area (Å²) in [5.74, 6) is -4.47. The van der Waals surface area contributed by atoms with Crippen molar-refractivity contribution >= 4 is 23.5 Å². The van der Waals surface area contributed by atoms with E-state index in [1.165, 1.54) is 7.11 Å². The molecule has 4 nitrogen and oxygen atoms in total. The van der Waals surface area contributed by atoms with Gasteiger partial charge in [-0.2, -0.15) is 0 Å². The predicted octanol–water partition coefficient (Wildman–Crippen LogP) is 5.00. The van der Waals surface area contributed by atoms with Gasteiger partial charge in [0.05, 0.1) is 13.0 Å². The number of fused-ring (bicyclic) bond motifs is 1. The highest BCUT2D eigenvalue weighted by molar-refractivity contribution is 6.32. The van der Waals surface area contributed by atoms with Gasteiger partial charge in [-0.05, 0) is 53.6 Å². The lowest BCUT2D eigenvalue weighted by molar-refractivity contribution is -0.156. The molecule has 0 aliphatic heterocycles. The van der Waals surface area contributed by atoms with Crippen molar-refractivity contribution in [2.45, 2.75) is 50.0 Å². The number of carbonyl (C=O) groups is 2. The van der Waals surface area contributed by atoms with Crippen LogP contribution in [0.5, 0.6) is 0 Å². The molecule has 0 spiro atoms. The smallest absolute Gasteiger partial charge is 0.331 e. The Hall–Kier alpha value is -2.47. The van der Waals surface area contributed by atoms with Crippen molar-refractivity contribution in [1.82, 2.24) is 5.32 Å². The summed E-state index contributed by atoms with van der Waals surface area (Å²) < 4.78 is 32.2. The molecule has 0 saturated heterocycles. The number of methoxy groups -OCH3 is 1. The van der Waals surface area contributed by atoms with Crippen LogP contribution in [-0.4, -0.2) is 30.4 Å². The van der Waals surface area contributed by atoms with Crippen LogP contribution in [0, 0.1) is 6.92 Å². The van der Waals surface area contributed by atoms with Gasteiger partial charge in [-0.3, -0.25) is 4.79 Å². The first-order valence-electron chi connectivity index (χ1n) is 9.86. The molecule has 0 heterocycles. The molecule has 4 rings (SSSR count). The van der Waals surface area contributed by atoms with E-state index in [1.54, 1.807) is 0 Å². The molecule has 2 aliphatic carbocycles. The summed E-state index contributed by atoms with van der Waals surface area (Å²) >= 11 is 6.41. The number of alkyl halides is 2. The van der Waals surface area contributed by atoms with E-state index in [9.17, 15) is 18.4 Å². The minimum absolute atomic E-state index is 0.160. The first-order valence-corrected chi connectivity index (χ1v) is 10.2. The number of halogens is 3. The van der Waals surface area contributed by atoms with Gasteiger partial charge in [0, 0.05) is 17.9 Å². The number of rotatable bonds is 4. The van der Waals surface area contributed by atoms with Crippen molar-refractivity contribution in [2.75, 3.05) is 7.11 Å². The molecule has 1 amide bonds. The topological polar surface area (TPSA) is 55.4 Å². The molecule has 7 heteroatoms. The molecular weight excluding hydrogens is 412 g/mol. The molecular formula is C23H22ClF2NO3. The van der Waals surface area contributed by atoms with Crippen LogP contribution < -0.4 is 5.32 Å². The summed E-state index contributed by atoms with van der Waals surface area (Å²) in [5, 5.41) is 3.32. The molecule has 2 aliphatic rings. The van der Waals surface area contributed by atoms with Gasteiger partial charge in [-0.25, -0.2) is 13.6 Å². The molecule has 2 aromatic rings. The highest BCUT2D eigenvalue weighted by atomic mass is 35.5. The zero-order valence-electron chi connectivity index (χ0n) is 16.7. The molecule has 0 bridgehead atoms. The Labute approximate surface area is 178 Å². The largest absolute Gasteiger partial charge is 0.467 e. The van der Waals surface area contributed by atoms with Crippen LogP contribution >= 0.6 is 11.6 Å². The van der Waals surface area contributed by atoms with Crippen LogP contribution in [0.1, 0.15) is 48.3 Å². The lowest BCUT2D eigenvalue weighted by Gasteiger charge is -2.38. The van der Waals surface area contributed by atoms with Crippen molar-refractivity contribution in [3.8, 4) is 11.1 Å². The van der Waals surface area contributed by atoms with E-state index >= 15 is 0 Å². The average Bonchev–Trinajstić information content (AvgIpc) is 3.48. The van der Waals surface area contributed by atoms with E-state index in [2.05, 4.69) is 5.32 Å². The number of amides is 1. The van der Waals surface area contributed by atoms with E-state index in [-0.39, 0.29) is 18.7 Å². The van der Waals surface area contributed by atoms with Crippen molar-refractivity contribution in [3.05, 3.63) is 58.1 Å².